The number of nitrogens with zero attached hydrogens (tertiary/aromatic N) is 4. The van der Waals surface area contributed by atoms with Crippen molar-refractivity contribution < 1.29 is 24.5 Å². The van der Waals surface area contributed by atoms with Gasteiger partial charge in [-0.25, -0.2) is 4.98 Å². The maximum absolute atomic E-state index is 6.26. The average molecular weight is 838 g/mol. The molecule has 0 saturated heterocycles. The molecule has 0 fully saturated rings. The zero-order valence-electron chi connectivity index (χ0n) is 26.1. The van der Waals surface area contributed by atoms with E-state index in [0.717, 1.165) is 61.3 Å². The largest absolute Gasteiger partial charge is 0 e. The van der Waals surface area contributed by atoms with Crippen LogP contribution in [0, 0.1) is 12.1 Å². The van der Waals surface area contributed by atoms with Gasteiger partial charge in [-0.1, -0.05) is 53.4 Å². The molecule has 0 saturated carbocycles. The second-order valence-corrected chi connectivity index (χ2v) is 22.7. The quantitative estimate of drug-likeness (QED) is 0.131. The van der Waals surface area contributed by atoms with E-state index in [1.807, 2.05) is 92.1 Å². The van der Waals surface area contributed by atoms with Gasteiger partial charge in [-0.15, -0.1) is 18.2 Å². The van der Waals surface area contributed by atoms with E-state index in [9.17, 15) is 0 Å². The summed E-state index contributed by atoms with van der Waals surface area (Å²) in [6, 6.07) is 45.1. The van der Waals surface area contributed by atoms with Gasteiger partial charge in [0.15, 0.2) is 0 Å². The Morgan fingerprint density at radius 2 is 1.46 bits per heavy atom. The first-order valence-electron chi connectivity index (χ1n) is 15.0. The molecule has 0 atom stereocenters. The Bertz CT molecular complexity index is 2250. The molecule has 8 rings (SSSR count). The van der Waals surface area contributed by atoms with E-state index < -0.39 is 13.3 Å². The third-order valence-corrected chi connectivity index (χ3v) is 12.2. The summed E-state index contributed by atoms with van der Waals surface area (Å²) in [7, 11) is 2.02. The molecule has 4 aromatic heterocycles. The number of aryl methyl sites for hydroxylation is 1. The van der Waals surface area contributed by atoms with E-state index in [0.29, 0.717) is 5.71 Å². The number of aromatic nitrogens is 4. The first-order valence-corrected chi connectivity index (χ1v) is 22.4. The van der Waals surface area contributed by atoms with Crippen molar-refractivity contribution in [2.45, 2.75) is 17.3 Å². The molecule has 0 aliphatic heterocycles. The number of para-hydroxylation sites is 2. The molecule has 4 heterocycles. The first kappa shape index (κ1) is 31.6. The summed E-state index contributed by atoms with van der Waals surface area (Å²) in [4.78, 5) is 14.1. The van der Waals surface area contributed by atoms with E-state index in [1.54, 1.807) is 0 Å². The summed E-state index contributed by atoms with van der Waals surface area (Å²) in [5.74, 6) is 7.97. The minimum absolute atomic E-state index is 0. The van der Waals surface area contributed by atoms with Gasteiger partial charge in [0.25, 0.3) is 0 Å². The molecule has 8 aromatic rings. The fourth-order valence-corrected chi connectivity index (χ4v) is 7.65. The van der Waals surface area contributed by atoms with Crippen molar-refractivity contribution in [3.8, 4) is 33.9 Å². The Kier molecular flexibility index (Phi) is 9.05. The maximum Gasteiger partial charge on any atom is 0 e. The van der Waals surface area contributed by atoms with Crippen LogP contribution in [0.2, 0.25) is 17.3 Å². The molecular formula is C39H32GeIrN4O-2. The fraction of sp³-hybridized carbons (Fsp3) is 0.103. The Morgan fingerprint density at radius 1 is 0.696 bits per heavy atom. The Morgan fingerprint density at radius 3 is 2.17 bits per heavy atom. The van der Waals surface area contributed by atoms with Crippen LogP contribution >= 0.6 is 0 Å². The standard InChI is InChI=1S/C25H16N3O.C14H16GeN.Ir/c1-28-22-13-6-5-12-21(22)26-24(28)19-11-7-10-17-18-14-15-20(16-8-3-2-4-9-16)27-25(18)29-23(17)19;1-15(2,3)13-9-10-14(16-11-13)12-7-5-4-6-8-12;/h2-10,12-15H,1H3;4-7,9-11H,1-3H3;/q2*-1;. The SMILES string of the molecule is Cn1c(-c2[c-]ccc3c2oc2nc(-c4ccccc4)ccc23)nc2ccccc21.[CH3][Ge]([CH3])([CH3])[c]1ccc(-c2[c-]cccc2)nc1.[Ir]. The molecule has 0 unspecified atom stereocenters. The van der Waals surface area contributed by atoms with Crippen LogP contribution in [0.25, 0.3) is 67.0 Å². The topological polar surface area (TPSA) is 56.7 Å². The van der Waals surface area contributed by atoms with Crippen LogP contribution in [-0.4, -0.2) is 32.8 Å². The summed E-state index contributed by atoms with van der Waals surface area (Å²) in [6.07, 6.45) is 2.04. The Hall–Kier alpha value is -4.36. The Balaban J connectivity index is 0.000000187. The van der Waals surface area contributed by atoms with E-state index in [1.165, 1.54) is 4.40 Å². The van der Waals surface area contributed by atoms with Gasteiger partial charge in [0.1, 0.15) is 0 Å². The van der Waals surface area contributed by atoms with Crippen molar-refractivity contribution >= 4 is 50.8 Å². The van der Waals surface area contributed by atoms with Crippen molar-refractivity contribution in [1.29, 1.82) is 0 Å². The van der Waals surface area contributed by atoms with E-state index >= 15 is 0 Å². The van der Waals surface area contributed by atoms with Gasteiger partial charge in [-0.3, -0.25) is 4.98 Å². The minimum atomic E-state index is -1.72. The second kappa shape index (κ2) is 13.2. The summed E-state index contributed by atoms with van der Waals surface area (Å²) >= 11 is -1.72. The van der Waals surface area contributed by atoms with Crippen molar-refractivity contribution in [3.05, 3.63) is 134 Å². The van der Waals surface area contributed by atoms with Gasteiger partial charge in [0.2, 0.25) is 5.71 Å². The van der Waals surface area contributed by atoms with Gasteiger partial charge in [-0.2, -0.15) is 0 Å². The summed E-state index contributed by atoms with van der Waals surface area (Å²) in [5, 5.41) is 2.02. The zero-order chi connectivity index (χ0) is 31.0. The number of hydrogen-bond donors (Lipinski definition) is 0. The van der Waals surface area contributed by atoms with Crippen molar-refractivity contribution in [2.75, 3.05) is 0 Å². The predicted molar refractivity (Wildman–Crippen MR) is 187 cm³/mol. The average Bonchev–Trinajstić information content (AvgIpc) is 3.62. The molecule has 7 heteroatoms. The van der Waals surface area contributed by atoms with Gasteiger partial charge in [0.05, 0.1) is 28.1 Å². The van der Waals surface area contributed by atoms with E-state index in [-0.39, 0.29) is 20.1 Å². The minimum Gasteiger partial charge on any atom is 0 e. The zero-order valence-corrected chi connectivity index (χ0v) is 30.6. The smallest absolute Gasteiger partial charge is 0 e. The molecule has 0 N–H and O–H groups in total. The predicted octanol–water partition coefficient (Wildman–Crippen LogP) is 9.09. The maximum atomic E-state index is 6.26. The number of fused-ring (bicyclic) bond motifs is 4. The van der Waals surface area contributed by atoms with Crippen LogP contribution in [0.4, 0.5) is 0 Å². The normalized spacial score (nSPS) is 11.3. The van der Waals surface area contributed by atoms with Gasteiger partial charge < -0.3 is 8.98 Å². The van der Waals surface area contributed by atoms with Crippen molar-refractivity contribution in [1.82, 2.24) is 19.5 Å². The summed E-state index contributed by atoms with van der Waals surface area (Å²) < 4.78 is 9.78. The first-order chi connectivity index (χ1) is 21.9. The monoisotopic (exact) mass is 839 g/mol. The van der Waals surface area contributed by atoms with Crippen molar-refractivity contribution in [2.24, 2.45) is 7.05 Å². The molecule has 4 aromatic carbocycles. The molecule has 46 heavy (non-hydrogen) atoms. The van der Waals surface area contributed by atoms with Crippen molar-refractivity contribution in [3.63, 3.8) is 0 Å². The molecule has 0 aliphatic carbocycles. The number of rotatable bonds is 4. The van der Waals surface area contributed by atoms with Crippen LogP contribution in [0.1, 0.15) is 0 Å². The molecule has 0 bridgehead atoms. The van der Waals surface area contributed by atoms with E-state index in [4.69, 9.17) is 14.4 Å². The molecule has 0 aliphatic rings. The molecule has 0 amide bonds. The third-order valence-electron chi connectivity index (χ3n) is 7.99. The molecule has 5 nitrogen and oxygen atoms in total. The molecule has 1 radical (unpaired) electrons. The van der Waals surface area contributed by atoms with Gasteiger partial charge in [-0.05, 0) is 24.3 Å². The van der Waals surface area contributed by atoms with Gasteiger partial charge in [0, 0.05) is 38.1 Å². The fourth-order valence-electron chi connectivity index (χ4n) is 5.48. The summed E-state index contributed by atoms with van der Waals surface area (Å²) in [6.45, 7) is 0. The molecule has 229 valence electrons. The molecule has 0 spiro atoms. The molecular weight excluding hydrogens is 805 g/mol. The number of imidazole rings is 1. The Labute approximate surface area is 285 Å². The second-order valence-electron chi connectivity index (χ2n) is 12.1. The van der Waals surface area contributed by atoms with Crippen LogP contribution in [0.15, 0.2) is 126 Å². The summed E-state index contributed by atoms with van der Waals surface area (Å²) in [5.41, 5.74) is 8.30. The van der Waals surface area contributed by atoms with Crippen LogP contribution in [-0.2, 0) is 27.2 Å². The van der Waals surface area contributed by atoms with Crippen LogP contribution in [0.3, 0.4) is 0 Å². The van der Waals surface area contributed by atoms with Crippen LogP contribution < -0.4 is 4.40 Å². The number of furan rings is 1. The van der Waals surface area contributed by atoms with Crippen LogP contribution in [0.5, 0.6) is 0 Å². The third kappa shape index (κ3) is 6.21. The number of benzene rings is 4. The number of pyridine rings is 2. The number of hydrogen-bond acceptors (Lipinski definition) is 4. The van der Waals surface area contributed by atoms with E-state index in [2.05, 4.69) is 75.4 Å². The van der Waals surface area contributed by atoms with Gasteiger partial charge >= 0.3 is 99.8 Å².